The third-order valence-corrected chi connectivity index (χ3v) is 6.55. The van der Waals surface area contributed by atoms with Gasteiger partial charge in [-0.3, -0.25) is 0 Å². The molecule has 1 N–H and O–H groups in total. The Balaban J connectivity index is 0.00000280. The van der Waals surface area contributed by atoms with E-state index in [4.69, 9.17) is 4.99 Å². The van der Waals surface area contributed by atoms with E-state index in [2.05, 4.69) is 39.6 Å². The lowest BCUT2D eigenvalue weighted by Crippen LogP contribution is -2.52. The van der Waals surface area contributed by atoms with E-state index in [1.54, 1.807) is 23.5 Å². The van der Waals surface area contributed by atoms with Crippen molar-refractivity contribution in [3.63, 3.8) is 0 Å². The maximum absolute atomic E-state index is 11.6. The zero-order chi connectivity index (χ0) is 19.3. The van der Waals surface area contributed by atoms with Crippen LogP contribution in [0.2, 0.25) is 0 Å². The van der Waals surface area contributed by atoms with Crippen LogP contribution in [-0.2, 0) is 16.4 Å². The van der Waals surface area contributed by atoms with Gasteiger partial charge in [0.05, 0.1) is 16.4 Å². The van der Waals surface area contributed by atoms with Gasteiger partial charge in [0.2, 0.25) is 0 Å². The summed E-state index contributed by atoms with van der Waals surface area (Å²) in [6, 6.07) is 11.2. The SMILES string of the molecule is CCNC(=NCc1ccc(S(C)(=O)=O)cc1)N1CCN(c2cccs2)CC1.I. The maximum Gasteiger partial charge on any atom is 0.194 e. The number of hydrogen-bond donors (Lipinski definition) is 1. The zero-order valence-electron chi connectivity index (χ0n) is 16.2. The van der Waals surface area contributed by atoms with Gasteiger partial charge < -0.3 is 15.1 Å². The molecular weight excluding hydrogens is 507 g/mol. The topological polar surface area (TPSA) is 65.0 Å². The molecule has 0 bridgehead atoms. The summed E-state index contributed by atoms with van der Waals surface area (Å²) in [5, 5.41) is 6.81. The van der Waals surface area contributed by atoms with E-state index >= 15 is 0 Å². The molecule has 3 rings (SSSR count). The lowest BCUT2D eigenvalue weighted by atomic mass is 10.2. The maximum atomic E-state index is 11.6. The highest BCUT2D eigenvalue weighted by Crippen LogP contribution is 2.22. The van der Waals surface area contributed by atoms with Gasteiger partial charge in [-0.15, -0.1) is 35.3 Å². The fourth-order valence-electron chi connectivity index (χ4n) is 3.02. The summed E-state index contributed by atoms with van der Waals surface area (Å²) >= 11 is 1.78. The first-order valence-electron chi connectivity index (χ1n) is 9.08. The Morgan fingerprint density at radius 1 is 1.14 bits per heavy atom. The largest absolute Gasteiger partial charge is 0.360 e. The number of nitrogens with zero attached hydrogens (tertiary/aromatic N) is 3. The number of thiophene rings is 1. The summed E-state index contributed by atoms with van der Waals surface area (Å²) in [6.45, 7) is 7.22. The second-order valence-electron chi connectivity index (χ2n) is 6.51. The van der Waals surface area contributed by atoms with Gasteiger partial charge in [0.15, 0.2) is 15.8 Å². The molecule has 0 unspecified atom stereocenters. The highest BCUT2D eigenvalue weighted by Gasteiger charge is 2.20. The van der Waals surface area contributed by atoms with Crippen LogP contribution in [0.3, 0.4) is 0 Å². The van der Waals surface area contributed by atoms with Gasteiger partial charge in [-0.05, 0) is 42.1 Å². The van der Waals surface area contributed by atoms with E-state index in [0.29, 0.717) is 11.4 Å². The lowest BCUT2D eigenvalue weighted by molar-refractivity contribution is 0.373. The van der Waals surface area contributed by atoms with E-state index in [1.165, 1.54) is 11.3 Å². The molecule has 0 aliphatic carbocycles. The molecule has 1 aromatic heterocycles. The molecule has 0 amide bonds. The number of nitrogens with one attached hydrogen (secondary N) is 1. The van der Waals surface area contributed by atoms with E-state index in [9.17, 15) is 8.42 Å². The fraction of sp³-hybridized carbons (Fsp3) is 0.421. The molecule has 1 aliphatic rings. The molecule has 28 heavy (non-hydrogen) atoms. The van der Waals surface area contributed by atoms with Gasteiger partial charge in [0, 0.05) is 39.0 Å². The van der Waals surface area contributed by atoms with Crippen LogP contribution in [0.25, 0.3) is 0 Å². The van der Waals surface area contributed by atoms with Crippen molar-refractivity contribution in [3.05, 3.63) is 47.3 Å². The number of halogens is 1. The van der Waals surface area contributed by atoms with Crippen molar-refractivity contribution in [1.29, 1.82) is 0 Å². The molecule has 6 nitrogen and oxygen atoms in total. The van der Waals surface area contributed by atoms with E-state index in [0.717, 1.165) is 44.2 Å². The number of aliphatic imine (C=N–C) groups is 1. The van der Waals surface area contributed by atoms with Crippen molar-refractivity contribution >= 4 is 56.1 Å². The van der Waals surface area contributed by atoms with Crippen molar-refractivity contribution in [2.24, 2.45) is 4.99 Å². The molecule has 0 atom stereocenters. The molecule has 1 aromatic carbocycles. The number of rotatable bonds is 5. The molecular formula is C19H27IN4O2S2. The van der Waals surface area contributed by atoms with Gasteiger partial charge >= 0.3 is 0 Å². The van der Waals surface area contributed by atoms with Gasteiger partial charge in [0.1, 0.15) is 0 Å². The number of hydrogen-bond acceptors (Lipinski definition) is 5. The van der Waals surface area contributed by atoms with Gasteiger partial charge in [-0.2, -0.15) is 0 Å². The van der Waals surface area contributed by atoms with Gasteiger partial charge in [-0.25, -0.2) is 13.4 Å². The number of guanidine groups is 1. The second kappa shape index (κ2) is 10.4. The van der Waals surface area contributed by atoms with Crippen molar-refractivity contribution in [2.75, 3.05) is 43.9 Å². The average Bonchev–Trinajstić information content (AvgIpc) is 3.20. The average molecular weight is 534 g/mol. The monoisotopic (exact) mass is 534 g/mol. The fourth-order valence-corrected chi connectivity index (χ4v) is 4.44. The molecule has 154 valence electrons. The second-order valence-corrected chi connectivity index (χ2v) is 9.45. The molecule has 0 radical (unpaired) electrons. The predicted molar refractivity (Wildman–Crippen MR) is 128 cm³/mol. The minimum atomic E-state index is -3.16. The smallest absolute Gasteiger partial charge is 0.194 e. The zero-order valence-corrected chi connectivity index (χ0v) is 20.1. The Morgan fingerprint density at radius 2 is 1.82 bits per heavy atom. The first kappa shape index (κ1) is 23.0. The lowest BCUT2D eigenvalue weighted by Gasteiger charge is -2.37. The Morgan fingerprint density at radius 3 is 2.36 bits per heavy atom. The van der Waals surface area contributed by atoms with Crippen LogP contribution in [0, 0.1) is 0 Å². The minimum absolute atomic E-state index is 0. The van der Waals surface area contributed by atoms with Crippen LogP contribution < -0.4 is 10.2 Å². The number of piperazine rings is 1. The molecule has 1 saturated heterocycles. The third kappa shape index (κ3) is 6.08. The highest BCUT2D eigenvalue weighted by molar-refractivity contribution is 14.0. The Hall–Kier alpha value is -1.33. The third-order valence-electron chi connectivity index (χ3n) is 4.49. The van der Waals surface area contributed by atoms with E-state index < -0.39 is 9.84 Å². The van der Waals surface area contributed by atoms with Crippen molar-refractivity contribution in [3.8, 4) is 0 Å². The van der Waals surface area contributed by atoms with Crippen LogP contribution in [0.1, 0.15) is 12.5 Å². The Kier molecular flexibility index (Phi) is 8.56. The van der Waals surface area contributed by atoms with Crippen LogP contribution >= 0.6 is 35.3 Å². The molecule has 2 heterocycles. The molecule has 0 spiro atoms. The summed E-state index contributed by atoms with van der Waals surface area (Å²) < 4.78 is 23.1. The van der Waals surface area contributed by atoms with Crippen LogP contribution in [0.5, 0.6) is 0 Å². The first-order valence-corrected chi connectivity index (χ1v) is 11.8. The van der Waals surface area contributed by atoms with Crippen molar-refractivity contribution in [2.45, 2.75) is 18.4 Å². The summed E-state index contributed by atoms with van der Waals surface area (Å²) in [5.74, 6) is 0.913. The van der Waals surface area contributed by atoms with Crippen molar-refractivity contribution < 1.29 is 8.42 Å². The Bertz CT molecular complexity index is 860. The van der Waals surface area contributed by atoms with Crippen LogP contribution in [-0.4, -0.2) is 58.3 Å². The molecule has 1 fully saturated rings. The molecule has 2 aromatic rings. The van der Waals surface area contributed by atoms with E-state index in [-0.39, 0.29) is 24.0 Å². The van der Waals surface area contributed by atoms with Crippen molar-refractivity contribution in [1.82, 2.24) is 10.2 Å². The highest BCUT2D eigenvalue weighted by atomic mass is 127. The summed E-state index contributed by atoms with van der Waals surface area (Å²) in [6.07, 6.45) is 1.22. The summed E-state index contributed by atoms with van der Waals surface area (Å²) in [5.41, 5.74) is 0.995. The van der Waals surface area contributed by atoms with Crippen LogP contribution in [0.15, 0.2) is 51.7 Å². The quantitative estimate of drug-likeness (QED) is 0.363. The summed E-state index contributed by atoms with van der Waals surface area (Å²) in [4.78, 5) is 9.79. The first-order chi connectivity index (χ1) is 13.0. The number of benzene rings is 1. The molecule has 1 aliphatic heterocycles. The number of sulfone groups is 1. The van der Waals surface area contributed by atoms with E-state index in [1.807, 2.05) is 12.1 Å². The normalized spacial score (nSPS) is 15.3. The predicted octanol–water partition coefficient (Wildman–Crippen LogP) is 3.06. The minimum Gasteiger partial charge on any atom is -0.360 e. The number of anilines is 1. The molecule has 9 heteroatoms. The van der Waals surface area contributed by atoms with Gasteiger partial charge in [0.25, 0.3) is 0 Å². The molecule has 0 saturated carbocycles. The Labute approximate surface area is 188 Å². The van der Waals surface area contributed by atoms with Gasteiger partial charge in [-0.1, -0.05) is 12.1 Å². The standard InChI is InChI=1S/C19H26N4O2S2.HI/c1-3-20-19(21-15-16-6-8-17(9-7-16)27(2,24)25)23-12-10-22(11-13-23)18-5-4-14-26-18;/h4-9,14H,3,10-13,15H2,1-2H3,(H,20,21);1H. The summed E-state index contributed by atoms with van der Waals surface area (Å²) in [7, 11) is -3.16. The van der Waals surface area contributed by atoms with Crippen LogP contribution in [0.4, 0.5) is 5.00 Å².